The Balaban J connectivity index is 1.61. The molecule has 7 nitrogen and oxygen atoms in total. The second kappa shape index (κ2) is 8.13. The van der Waals surface area contributed by atoms with Gasteiger partial charge in [-0.05, 0) is 24.3 Å². The number of oxime groups is 1. The first-order valence-electron chi connectivity index (χ1n) is 10.6. The number of carbonyl (C=O) groups is 1. The number of urea groups is 1. The number of benzene rings is 2. The van der Waals surface area contributed by atoms with Gasteiger partial charge in [0.05, 0.1) is 17.7 Å². The van der Waals surface area contributed by atoms with E-state index in [1.54, 1.807) is 4.90 Å². The highest BCUT2D eigenvalue weighted by Crippen LogP contribution is 2.35. The highest BCUT2D eigenvalue weighted by atomic mass is 19.1. The SMILES string of the molecule is [2H]C([2H])([2H])Oc1cc(F)c([C@@H]2CN3CCON=C3[C@H]2NC(=O)Nc2ccc(F)cc2)c(F)c1. The van der Waals surface area contributed by atoms with E-state index in [2.05, 4.69) is 20.5 Å². The molecule has 2 aromatic rings. The van der Waals surface area contributed by atoms with Crippen LogP contribution in [0.5, 0.6) is 5.75 Å². The lowest BCUT2D eigenvalue weighted by atomic mass is 9.92. The first kappa shape index (κ1) is 16.4. The molecular formula is C20H19F3N4O3. The summed E-state index contributed by atoms with van der Waals surface area (Å²) in [6.07, 6.45) is 0. The Bertz CT molecular complexity index is 1060. The molecule has 2 N–H and O–H groups in total. The maximum Gasteiger partial charge on any atom is 0.319 e. The number of ether oxygens (including phenoxy) is 1. The number of anilines is 1. The number of methoxy groups -OCH3 is 1. The molecule has 0 aromatic heterocycles. The van der Waals surface area contributed by atoms with Gasteiger partial charge in [0.15, 0.2) is 5.84 Å². The lowest BCUT2D eigenvalue weighted by Gasteiger charge is -2.24. The van der Waals surface area contributed by atoms with Gasteiger partial charge < -0.3 is 25.1 Å². The van der Waals surface area contributed by atoms with Crippen LogP contribution in [0.4, 0.5) is 23.7 Å². The zero-order valence-corrected chi connectivity index (χ0v) is 15.5. The highest BCUT2D eigenvalue weighted by molar-refractivity contribution is 5.97. The number of halogens is 3. The molecular weight excluding hydrogens is 401 g/mol. The van der Waals surface area contributed by atoms with Crippen LogP contribution in [0.15, 0.2) is 41.6 Å². The van der Waals surface area contributed by atoms with Gasteiger partial charge in [0.25, 0.3) is 0 Å². The Morgan fingerprint density at radius 3 is 2.70 bits per heavy atom. The van der Waals surface area contributed by atoms with E-state index >= 15 is 0 Å². The van der Waals surface area contributed by atoms with Crippen molar-refractivity contribution in [3.63, 3.8) is 0 Å². The number of hydrogen-bond acceptors (Lipinski definition) is 5. The molecule has 1 fully saturated rings. The third kappa shape index (κ3) is 3.85. The van der Waals surface area contributed by atoms with Crippen LogP contribution in [0, 0.1) is 17.5 Å². The van der Waals surface area contributed by atoms with Crippen molar-refractivity contribution in [3.05, 3.63) is 59.4 Å². The number of rotatable bonds is 4. The van der Waals surface area contributed by atoms with Gasteiger partial charge >= 0.3 is 6.03 Å². The molecule has 2 aliphatic rings. The average Bonchev–Trinajstić information content (AvgIpc) is 3.06. The summed E-state index contributed by atoms with van der Waals surface area (Å²) in [5, 5.41) is 9.13. The molecule has 0 spiro atoms. The van der Waals surface area contributed by atoms with Gasteiger partial charge in [0.2, 0.25) is 0 Å². The molecule has 2 aliphatic heterocycles. The van der Waals surface area contributed by atoms with Crippen molar-refractivity contribution >= 4 is 17.6 Å². The van der Waals surface area contributed by atoms with Gasteiger partial charge in [-0.3, -0.25) is 0 Å². The van der Waals surface area contributed by atoms with Gasteiger partial charge in [0, 0.05) is 35.8 Å². The molecule has 1 saturated heterocycles. The largest absolute Gasteiger partial charge is 0.497 e. The van der Waals surface area contributed by atoms with Crippen molar-refractivity contribution < 1.29 is 31.7 Å². The standard InChI is InChI=1S/C20H19F3N4O3/c1-29-13-8-15(22)17(16(23)9-13)14-10-27-6-7-30-26-19(27)18(14)25-20(28)24-12-4-2-11(21)3-5-12/h2-5,8-9,14,18H,6-7,10H2,1H3,(H2,24,25,28)/t14-,18-/m0/s1/i1D3. The Labute approximate surface area is 174 Å². The summed E-state index contributed by atoms with van der Waals surface area (Å²) in [5.41, 5.74) is -0.0391. The second-order valence-electron chi connectivity index (χ2n) is 6.82. The van der Waals surface area contributed by atoms with E-state index in [-0.39, 0.29) is 18.7 Å². The smallest absolute Gasteiger partial charge is 0.319 e. The molecule has 0 aliphatic carbocycles. The van der Waals surface area contributed by atoms with Crippen LogP contribution >= 0.6 is 0 Å². The van der Waals surface area contributed by atoms with Crippen LogP contribution in [-0.4, -0.2) is 49.5 Å². The van der Waals surface area contributed by atoms with Gasteiger partial charge in [-0.2, -0.15) is 0 Å². The molecule has 0 bridgehead atoms. The second-order valence-corrected chi connectivity index (χ2v) is 6.82. The van der Waals surface area contributed by atoms with Gasteiger partial charge in [-0.25, -0.2) is 18.0 Å². The van der Waals surface area contributed by atoms with Crippen molar-refractivity contribution in [1.29, 1.82) is 0 Å². The third-order valence-corrected chi connectivity index (χ3v) is 4.96. The summed E-state index contributed by atoms with van der Waals surface area (Å²) in [4.78, 5) is 19.4. The molecule has 4 rings (SSSR count). The van der Waals surface area contributed by atoms with Gasteiger partial charge in [-0.1, -0.05) is 5.16 Å². The van der Waals surface area contributed by atoms with E-state index in [1.807, 2.05) is 0 Å². The predicted molar refractivity (Wildman–Crippen MR) is 103 cm³/mol. The first-order chi connectivity index (χ1) is 15.6. The Kier molecular flexibility index (Phi) is 4.44. The van der Waals surface area contributed by atoms with Crippen molar-refractivity contribution in [2.24, 2.45) is 5.16 Å². The van der Waals surface area contributed by atoms with Gasteiger partial charge in [0.1, 0.15) is 35.8 Å². The quantitative estimate of drug-likeness (QED) is 0.793. The molecule has 0 unspecified atom stereocenters. The normalized spacial score (nSPS) is 22.0. The summed E-state index contributed by atoms with van der Waals surface area (Å²) < 4.78 is 68.9. The molecule has 2 atom stereocenters. The lowest BCUT2D eigenvalue weighted by Crippen LogP contribution is -2.47. The zero-order valence-electron chi connectivity index (χ0n) is 18.5. The van der Waals surface area contributed by atoms with Crippen LogP contribution in [-0.2, 0) is 4.84 Å². The predicted octanol–water partition coefficient (Wildman–Crippen LogP) is 3.05. The summed E-state index contributed by atoms with van der Waals surface area (Å²) >= 11 is 0. The number of amides is 2. The maximum absolute atomic E-state index is 15.0. The first-order valence-corrected chi connectivity index (χ1v) is 9.06. The third-order valence-electron chi connectivity index (χ3n) is 4.96. The Morgan fingerprint density at radius 2 is 2.00 bits per heavy atom. The fourth-order valence-corrected chi connectivity index (χ4v) is 3.64. The van der Waals surface area contributed by atoms with E-state index in [0.717, 1.165) is 12.1 Å². The van der Waals surface area contributed by atoms with Crippen LogP contribution < -0.4 is 15.4 Å². The van der Waals surface area contributed by atoms with E-state index < -0.39 is 48.2 Å². The molecule has 2 heterocycles. The molecule has 158 valence electrons. The van der Waals surface area contributed by atoms with Crippen molar-refractivity contribution in [2.75, 3.05) is 32.1 Å². The highest BCUT2D eigenvalue weighted by Gasteiger charge is 2.44. The van der Waals surface area contributed by atoms with E-state index in [0.29, 0.717) is 18.1 Å². The monoisotopic (exact) mass is 423 g/mol. The fraction of sp³-hybridized carbons (Fsp3) is 0.300. The topological polar surface area (TPSA) is 75.2 Å². The minimum Gasteiger partial charge on any atom is -0.497 e. The van der Waals surface area contributed by atoms with Crippen LogP contribution in [0.2, 0.25) is 0 Å². The molecule has 0 radical (unpaired) electrons. The summed E-state index contributed by atoms with van der Waals surface area (Å²) in [6.45, 7) is 0.800. The number of amidine groups is 1. The summed E-state index contributed by atoms with van der Waals surface area (Å²) in [6, 6.07) is 4.98. The van der Waals surface area contributed by atoms with E-state index in [9.17, 15) is 18.0 Å². The minimum absolute atomic E-state index is 0.136. The van der Waals surface area contributed by atoms with E-state index in [1.165, 1.54) is 24.3 Å². The maximum atomic E-state index is 15.0. The molecule has 10 heteroatoms. The van der Waals surface area contributed by atoms with Crippen molar-refractivity contribution in [2.45, 2.75) is 12.0 Å². The Hall–Kier alpha value is -3.43. The van der Waals surface area contributed by atoms with Crippen LogP contribution in [0.1, 0.15) is 15.6 Å². The zero-order chi connectivity index (χ0) is 23.8. The van der Waals surface area contributed by atoms with E-state index in [4.69, 9.17) is 8.95 Å². The minimum atomic E-state index is -2.87. The number of nitrogens with zero attached hydrogens (tertiary/aromatic N) is 2. The van der Waals surface area contributed by atoms with Crippen LogP contribution in [0.3, 0.4) is 0 Å². The number of carbonyl (C=O) groups excluding carboxylic acids is 1. The van der Waals surface area contributed by atoms with Crippen LogP contribution in [0.25, 0.3) is 0 Å². The number of hydrogen-bond donors (Lipinski definition) is 2. The molecule has 2 amide bonds. The molecule has 30 heavy (non-hydrogen) atoms. The molecule has 0 saturated carbocycles. The number of nitrogens with one attached hydrogen (secondary N) is 2. The summed E-state index contributed by atoms with van der Waals surface area (Å²) in [7, 11) is -2.87. The average molecular weight is 423 g/mol. The molecule has 2 aromatic carbocycles. The Morgan fingerprint density at radius 1 is 1.27 bits per heavy atom. The van der Waals surface area contributed by atoms with Crippen molar-refractivity contribution in [3.8, 4) is 5.75 Å². The lowest BCUT2D eigenvalue weighted by molar-refractivity contribution is 0.106. The number of fused-ring (bicyclic) bond motifs is 1. The fourth-order valence-electron chi connectivity index (χ4n) is 3.64. The summed E-state index contributed by atoms with van der Waals surface area (Å²) in [5.74, 6) is -3.60. The van der Waals surface area contributed by atoms with Gasteiger partial charge in [-0.15, -0.1) is 0 Å². The van der Waals surface area contributed by atoms with Crippen molar-refractivity contribution in [1.82, 2.24) is 10.2 Å².